The summed E-state index contributed by atoms with van der Waals surface area (Å²) in [4.78, 5) is 30.3. The molecule has 1 aliphatic carbocycles. The number of carbonyl (C=O) groups excluding carboxylic acids is 2. The second-order valence-corrected chi connectivity index (χ2v) is 7.78. The Hall–Kier alpha value is -2.28. The van der Waals surface area contributed by atoms with E-state index in [-0.39, 0.29) is 11.8 Å². The zero-order chi connectivity index (χ0) is 18.3. The summed E-state index contributed by atoms with van der Waals surface area (Å²) >= 11 is 1.66. The summed E-state index contributed by atoms with van der Waals surface area (Å²) in [6.07, 6.45) is 4.78. The van der Waals surface area contributed by atoms with Crippen LogP contribution in [-0.2, 0) is 9.59 Å². The van der Waals surface area contributed by atoms with Crippen molar-refractivity contribution >= 4 is 45.8 Å². The highest BCUT2D eigenvalue weighted by molar-refractivity contribution is 8.16. The molecule has 4 rings (SSSR count). The number of aliphatic imine (C=N–C) groups is 1. The second-order valence-electron chi connectivity index (χ2n) is 6.94. The van der Waals surface area contributed by atoms with Crippen molar-refractivity contribution in [1.82, 2.24) is 4.90 Å². The average molecular weight is 370 g/mol. The van der Waals surface area contributed by atoms with E-state index < -0.39 is 0 Å². The van der Waals surface area contributed by atoms with Gasteiger partial charge in [-0.2, -0.15) is 0 Å². The number of carbonyl (C=O) groups is 2. The fourth-order valence-corrected chi connectivity index (χ4v) is 4.96. The summed E-state index contributed by atoms with van der Waals surface area (Å²) in [5.41, 5.74) is 3.41. The van der Waals surface area contributed by atoms with Crippen LogP contribution in [0.4, 0.5) is 11.4 Å². The van der Waals surface area contributed by atoms with Crippen LogP contribution >= 0.6 is 11.8 Å². The Morgan fingerprint density at radius 1 is 1.15 bits per heavy atom. The standard InChI is InChI=1S/C19H22N4O2S/c1-11(24)20-13-7-8-14(16(9-13)21-12(2)25)18-10-26-19-22-15-5-3-4-6-17(15)23(18)19/h7-10,15,17H,3-6H2,1-2H3,(H,20,24)(H,21,25)/t15-,17+/m1/s1. The minimum absolute atomic E-state index is 0.136. The number of nitrogens with one attached hydrogen (secondary N) is 2. The lowest BCUT2D eigenvalue weighted by Gasteiger charge is -2.32. The summed E-state index contributed by atoms with van der Waals surface area (Å²) in [6.45, 7) is 2.96. The first-order chi connectivity index (χ1) is 12.5. The van der Waals surface area contributed by atoms with Crippen LogP contribution < -0.4 is 10.6 Å². The van der Waals surface area contributed by atoms with Crippen LogP contribution in [0.3, 0.4) is 0 Å². The molecule has 1 fully saturated rings. The summed E-state index contributed by atoms with van der Waals surface area (Å²) < 4.78 is 0. The van der Waals surface area contributed by atoms with E-state index in [1.807, 2.05) is 18.2 Å². The highest BCUT2D eigenvalue weighted by atomic mass is 32.2. The molecule has 3 aliphatic rings. The van der Waals surface area contributed by atoms with Gasteiger partial charge in [-0.1, -0.05) is 24.6 Å². The quantitative estimate of drug-likeness (QED) is 0.852. The van der Waals surface area contributed by atoms with E-state index in [0.717, 1.165) is 29.3 Å². The van der Waals surface area contributed by atoms with E-state index in [2.05, 4.69) is 20.9 Å². The van der Waals surface area contributed by atoms with Crippen molar-refractivity contribution in [1.29, 1.82) is 0 Å². The zero-order valence-electron chi connectivity index (χ0n) is 14.9. The molecule has 1 aromatic rings. The summed E-state index contributed by atoms with van der Waals surface area (Å²) in [6, 6.07) is 6.45. The smallest absolute Gasteiger partial charge is 0.221 e. The van der Waals surface area contributed by atoms with Gasteiger partial charge in [-0.15, -0.1) is 0 Å². The molecule has 0 aromatic heterocycles. The van der Waals surface area contributed by atoms with E-state index in [1.54, 1.807) is 11.8 Å². The van der Waals surface area contributed by atoms with E-state index in [4.69, 9.17) is 4.99 Å². The summed E-state index contributed by atoms with van der Waals surface area (Å²) in [5.74, 6) is -0.274. The highest BCUT2D eigenvalue weighted by Crippen LogP contribution is 2.45. The predicted molar refractivity (Wildman–Crippen MR) is 106 cm³/mol. The fraction of sp³-hybridized carbons (Fsp3) is 0.421. The molecule has 2 aliphatic heterocycles. The molecular weight excluding hydrogens is 348 g/mol. The largest absolute Gasteiger partial charge is 0.326 e. The average Bonchev–Trinajstić information content (AvgIpc) is 3.13. The van der Waals surface area contributed by atoms with Gasteiger partial charge in [0.1, 0.15) is 0 Å². The third kappa shape index (κ3) is 3.11. The molecule has 1 saturated carbocycles. The van der Waals surface area contributed by atoms with Crippen LogP contribution in [0.15, 0.2) is 28.6 Å². The Balaban J connectivity index is 1.69. The number of thioether (sulfide) groups is 1. The normalized spacial score (nSPS) is 23.7. The summed E-state index contributed by atoms with van der Waals surface area (Å²) in [7, 11) is 0. The monoisotopic (exact) mass is 370 g/mol. The van der Waals surface area contributed by atoms with E-state index in [1.165, 1.54) is 26.7 Å². The number of fused-ring (bicyclic) bond motifs is 3. The molecule has 0 spiro atoms. The van der Waals surface area contributed by atoms with Gasteiger partial charge in [0.2, 0.25) is 11.8 Å². The molecule has 2 amide bonds. The minimum atomic E-state index is -0.138. The summed E-state index contributed by atoms with van der Waals surface area (Å²) in [5, 5.41) is 8.86. The minimum Gasteiger partial charge on any atom is -0.326 e. The Kier molecular flexibility index (Phi) is 4.48. The van der Waals surface area contributed by atoms with E-state index >= 15 is 0 Å². The van der Waals surface area contributed by atoms with Gasteiger partial charge in [0, 0.05) is 30.5 Å². The molecule has 1 aromatic carbocycles. The first-order valence-corrected chi connectivity index (χ1v) is 9.84. The number of amides is 2. The zero-order valence-corrected chi connectivity index (χ0v) is 15.7. The van der Waals surface area contributed by atoms with Crippen LogP contribution in [0, 0.1) is 0 Å². The van der Waals surface area contributed by atoms with Crippen LogP contribution in [0.1, 0.15) is 45.1 Å². The van der Waals surface area contributed by atoms with Crippen molar-refractivity contribution in [2.24, 2.45) is 4.99 Å². The van der Waals surface area contributed by atoms with Crippen molar-refractivity contribution in [3.8, 4) is 0 Å². The predicted octanol–water partition coefficient (Wildman–Crippen LogP) is 3.63. The molecule has 7 heteroatoms. The van der Waals surface area contributed by atoms with Crippen LogP contribution in [0.5, 0.6) is 0 Å². The Morgan fingerprint density at radius 3 is 2.69 bits per heavy atom. The molecule has 2 heterocycles. The topological polar surface area (TPSA) is 73.8 Å². The lowest BCUT2D eigenvalue weighted by Crippen LogP contribution is -2.38. The number of rotatable bonds is 3. The number of anilines is 2. The molecule has 2 N–H and O–H groups in total. The molecule has 26 heavy (non-hydrogen) atoms. The highest BCUT2D eigenvalue weighted by Gasteiger charge is 2.42. The molecule has 6 nitrogen and oxygen atoms in total. The Bertz CT molecular complexity index is 833. The first-order valence-electron chi connectivity index (χ1n) is 8.96. The second kappa shape index (κ2) is 6.79. The maximum Gasteiger partial charge on any atom is 0.221 e. The van der Waals surface area contributed by atoms with Gasteiger partial charge in [0.15, 0.2) is 5.17 Å². The van der Waals surface area contributed by atoms with E-state index in [9.17, 15) is 9.59 Å². The van der Waals surface area contributed by atoms with Crippen molar-refractivity contribution in [3.63, 3.8) is 0 Å². The van der Waals surface area contributed by atoms with Gasteiger partial charge < -0.3 is 15.5 Å². The molecule has 136 valence electrons. The van der Waals surface area contributed by atoms with Crippen LogP contribution in [0.2, 0.25) is 0 Å². The molecule has 0 bridgehead atoms. The molecule has 0 radical (unpaired) electrons. The third-order valence-electron chi connectivity index (χ3n) is 4.97. The first kappa shape index (κ1) is 17.1. The number of nitrogens with zero attached hydrogens (tertiary/aromatic N) is 2. The SMILES string of the molecule is CC(=O)Nc1ccc(C2=CSC3=N[C@@H]4CCCC[C@@H]4N23)c(NC(C)=O)c1. The fourth-order valence-electron chi connectivity index (χ4n) is 3.96. The lowest BCUT2D eigenvalue weighted by molar-refractivity contribution is -0.115. The Morgan fingerprint density at radius 2 is 1.92 bits per heavy atom. The van der Waals surface area contributed by atoms with Gasteiger partial charge >= 0.3 is 0 Å². The van der Waals surface area contributed by atoms with Crippen molar-refractivity contribution in [3.05, 3.63) is 29.2 Å². The number of benzene rings is 1. The van der Waals surface area contributed by atoms with Crippen LogP contribution in [0.25, 0.3) is 5.70 Å². The number of hydrogen-bond donors (Lipinski definition) is 2. The van der Waals surface area contributed by atoms with Crippen LogP contribution in [-0.4, -0.2) is 34.0 Å². The molecule has 2 atom stereocenters. The van der Waals surface area contributed by atoms with Gasteiger partial charge in [0.25, 0.3) is 0 Å². The molecular formula is C19H22N4O2S. The third-order valence-corrected chi connectivity index (χ3v) is 5.82. The van der Waals surface area contributed by atoms with Crippen molar-refractivity contribution < 1.29 is 9.59 Å². The maximum atomic E-state index is 11.7. The van der Waals surface area contributed by atoms with Gasteiger partial charge in [-0.25, -0.2) is 0 Å². The molecule has 0 unspecified atom stereocenters. The van der Waals surface area contributed by atoms with Gasteiger partial charge in [0.05, 0.1) is 23.5 Å². The lowest BCUT2D eigenvalue weighted by atomic mass is 9.90. The molecule has 0 saturated heterocycles. The van der Waals surface area contributed by atoms with Crippen molar-refractivity contribution in [2.45, 2.75) is 51.6 Å². The van der Waals surface area contributed by atoms with Gasteiger partial charge in [-0.3, -0.25) is 14.6 Å². The van der Waals surface area contributed by atoms with Crippen molar-refractivity contribution in [2.75, 3.05) is 10.6 Å². The van der Waals surface area contributed by atoms with E-state index in [0.29, 0.717) is 23.5 Å². The number of amidine groups is 1. The number of hydrogen-bond acceptors (Lipinski definition) is 5. The maximum absolute atomic E-state index is 11.7. The van der Waals surface area contributed by atoms with Gasteiger partial charge in [-0.05, 0) is 31.0 Å². The Labute approximate surface area is 157 Å².